The molecule has 10 rings (SSSR count). The van der Waals surface area contributed by atoms with E-state index in [2.05, 4.69) is 203 Å². The summed E-state index contributed by atoms with van der Waals surface area (Å²) in [5.74, 6) is 0. The fourth-order valence-electron chi connectivity index (χ4n) is 7.75. The highest BCUT2D eigenvalue weighted by Crippen LogP contribution is 2.38. The lowest BCUT2D eigenvalue weighted by Crippen LogP contribution is -1.94. The third-order valence-electron chi connectivity index (χ3n) is 10.1. The van der Waals surface area contributed by atoms with Crippen molar-refractivity contribution in [2.24, 2.45) is 0 Å². The lowest BCUT2D eigenvalue weighted by molar-refractivity contribution is 1.18. The summed E-state index contributed by atoms with van der Waals surface area (Å²) in [6.45, 7) is 0. The van der Waals surface area contributed by atoms with Gasteiger partial charge in [0, 0.05) is 32.9 Å². The summed E-state index contributed by atoms with van der Waals surface area (Å²) in [4.78, 5) is 0. The van der Waals surface area contributed by atoms with Gasteiger partial charge in [-0.25, -0.2) is 0 Å². The first-order valence-electron chi connectivity index (χ1n) is 17.2. The molecule has 0 amide bonds. The Morgan fingerprint density at radius 2 is 0.660 bits per heavy atom. The number of rotatable bonds is 5. The Morgan fingerprint density at radius 1 is 0.220 bits per heavy atom. The maximum atomic E-state index is 2.40. The van der Waals surface area contributed by atoms with Gasteiger partial charge in [-0.2, -0.15) is 0 Å². The molecule has 2 heterocycles. The fraction of sp³-hybridized carbons (Fsp3) is 0. The Bertz CT molecular complexity index is 2840. The molecule has 2 aromatic heterocycles. The number of benzene rings is 8. The monoisotopic (exact) mass is 636 g/mol. The molecule has 0 radical (unpaired) electrons. The van der Waals surface area contributed by atoms with Crippen LogP contribution in [-0.4, -0.2) is 9.13 Å². The van der Waals surface area contributed by atoms with E-state index in [0.717, 1.165) is 5.69 Å². The summed E-state index contributed by atoms with van der Waals surface area (Å²) in [5.41, 5.74) is 14.5. The van der Waals surface area contributed by atoms with Gasteiger partial charge in [0.25, 0.3) is 0 Å². The molecule has 0 saturated heterocycles. The van der Waals surface area contributed by atoms with Crippen molar-refractivity contribution in [3.63, 3.8) is 0 Å². The summed E-state index contributed by atoms with van der Waals surface area (Å²) in [6, 6.07) is 70.4. The van der Waals surface area contributed by atoms with E-state index in [0.29, 0.717) is 0 Å². The molecule has 0 N–H and O–H groups in total. The molecule has 0 aliphatic rings. The molecule has 10 aromatic rings. The summed E-state index contributed by atoms with van der Waals surface area (Å²) >= 11 is 0. The van der Waals surface area contributed by atoms with Crippen molar-refractivity contribution < 1.29 is 0 Å². The molecular formula is C48H32N2. The van der Waals surface area contributed by atoms with Gasteiger partial charge in [0.2, 0.25) is 0 Å². The van der Waals surface area contributed by atoms with Gasteiger partial charge in [-0.3, -0.25) is 0 Å². The van der Waals surface area contributed by atoms with E-state index in [1.807, 2.05) is 0 Å². The highest BCUT2D eigenvalue weighted by Gasteiger charge is 2.16. The van der Waals surface area contributed by atoms with Crippen LogP contribution in [0, 0.1) is 0 Å². The highest BCUT2D eigenvalue weighted by molar-refractivity contribution is 6.12. The van der Waals surface area contributed by atoms with Crippen LogP contribution in [-0.2, 0) is 0 Å². The molecule has 50 heavy (non-hydrogen) atoms. The molecule has 0 bridgehead atoms. The number of para-hydroxylation sites is 3. The van der Waals surface area contributed by atoms with E-state index >= 15 is 0 Å². The minimum atomic E-state index is 1.15. The molecular weight excluding hydrogens is 605 g/mol. The predicted octanol–water partition coefficient (Wildman–Crippen LogP) is 12.9. The second-order valence-corrected chi connectivity index (χ2v) is 13.0. The quantitative estimate of drug-likeness (QED) is 0.178. The van der Waals surface area contributed by atoms with E-state index in [9.17, 15) is 0 Å². The zero-order valence-corrected chi connectivity index (χ0v) is 27.4. The summed E-state index contributed by atoms with van der Waals surface area (Å²) in [5, 5.41) is 5.04. The minimum Gasteiger partial charge on any atom is -0.309 e. The van der Waals surface area contributed by atoms with Crippen molar-refractivity contribution in [1.29, 1.82) is 0 Å². The van der Waals surface area contributed by atoms with Crippen molar-refractivity contribution in [3.8, 4) is 44.8 Å². The second kappa shape index (κ2) is 11.5. The van der Waals surface area contributed by atoms with E-state index in [1.165, 1.54) is 82.7 Å². The van der Waals surface area contributed by atoms with Gasteiger partial charge >= 0.3 is 0 Å². The standard InChI is InChI=1S/C48H32N2/c1-3-12-33(13-4-1)35-14-11-15-36(30-35)34-22-26-40(27-23-34)49-46-21-10-8-19-42(46)44-31-37(25-29-47(44)49)38-24-28-43-41-18-7-9-20-45(41)50(48(43)32-38)39-16-5-2-6-17-39/h1-32H. The maximum Gasteiger partial charge on any atom is 0.0547 e. The molecule has 2 heteroatoms. The topological polar surface area (TPSA) is 9.86 Å². The van der Waals surface area contributed by atoms with Crippen LogP contribution < -0.4 is 0 Å². The SMILES string of the molecule is c1ccc(-c2cccc(-c3ccc(-n4c5ccccc5c5cc(-c6ccc7c8ccccc8n(-c8ccccc8)c7c6)ccc54)cc3)c2)cc1. The van der Waals surface area contributed by atoms with Crippen LogP contribution in [0.25, 0.3) is 88.4 Å². The first-order chi connectivity index (χ1) is 24.8. The van der Waals surface area contributed by atoms with Gasteiger partial charge in [-0.15, -0.1) is 0 Å². The van der Waals surface area contributed by atoms with Gasteiger partial charge in [-0.1, -0.05) is 133 Å². The maximum absolute atomic E-state index is 2.40. The molecule has 0 aliphatic carbocycles. The van der Waals surface area contributed by atoms with E-state index in [1.54, 1.807) is 0 Å². The van der Waals surface area contributed by atoms with E-state index in [4.69, 9.17) is 0 Å². The summed E-state index contributed by atoms with van der Waals surface area (Å²) in [6.07, 6.45) is 0. The van der Waals surface area contributed by atoms with Gasteiger partial charge in [0.15, 0.2) is 0 Å². The van der Waals surface area contributed by atoms with Crippen LogP contribution in [0.5, 0.6) is 0 Å². The van der Waals surface area contributed by atoms with Crippen molar-refractivity contribution in [3.05, 3.63) is 194 Å². The van der Waals surface area contributed by atoms with Crippen molar-refractivity contribution in [2.75, 3.05) is 0 Å². The average molecular weight is 637 g/mol. The molecule has 0 spiro atoms. The lowest BCUT2D eigenvalue weighted by Gasteiger charge is -2.11. The third kappa shape index (κ3) is 4.57. The van der Waals surface area contributed by atoms with Crippen LogP contribution in [0.3, 0.4) is 0 Å². The Balaban J connectivity index is 1.08. The average Bonchev–Trinajstić information content (AvgIpc) is 3.71. The normalized spacial score (nSPS) is 11.6. The molecule has 8 aromatic carbocycles. The third-order valence-corrected chi connectivity index (χ3v) is 10.1. The number of nitrogens with zero attached hydrogens (tertiary/aromatic N) is 2. The van der Waals surface area contributed by atoms with E-state index in [-0.39, 0.29) is 0 Å². The van der Waals surface area contributed by atoms with E-state index < -0.39 is 0 Å². The largest absolute Gasteiger partial charge is 0.309 e. The smallest absolute Gasteiger partial charge is 0.0547 e. The Labute approximate surface area is 290 Å². The second-order valence-electron chi connectivity index (χ2n) is 13.0. The summed E-state index contributed by atoms with van der Waals surface area (Å²) in [7, 11) is 0. The van der Waals surface area contributed by atoms with Crippen LogP contribution in [0.15, 0.2) is 194 Å². The minimum absolute atomic E-state index is 1.15. The van der Waals surface area contributed by atoms with Crippen LogP contribution in [0.1, 0.15) is 0 Å². The molecule has 0 saturated carbocycles. The number of aromatic nitrogens is 2. The van der Waals surface area contributed by atoms with Gasteiger partial charge in [0.05, 0.1) is 22.1 Å². The first-order valence-corrected chi connectivity index (χ1v) is 17.2. The zero-order valence-electron chi connectivity index (χ0n) is 27.4. The Morgan fingerprint density at radius 3 is 1.38 bits per heavy atom. The van der Waals surface area contributed by atoms with Gasteiger partial charge < -0.3 is 9.13 Å². The van der Waals surface area contributed by atoms with Crippen LogP contribution >= 0.6 is 0 Å². The lowest BCUT2D eigenvalue weighted by atomic mass is 9.99. The van der Waals surface area contributed by atoms with Gasteiger partial charge in [0.1, 0.15) is 0 Å². The molecule has 0 aliphatic heterocycles. The first kappa shape index (κ1) is 28.4. The number of fused-ring (bicyclic) bond motifs is 6. The molecule has 234 valence electrons. The fourth-order valence-corrected chi connectivity index (χ4v) is 7.75. The van der Waals surface area contributed by atoms with Crippen molar-refractivity contribution >= 4 is 43.6 Å². The molecule has 2 nitrogen and oxygen atoms in total. The highest BCUT2D eigenvalue weighted by atomic mass is 15.0. The zero-order chi connectivity index (χ0) is 33.0. The predicted molar refractivity (Wildman–Crippen MR) is 211 cm³/mol. The number of hydrogen-bond acceptors (Lipinski definition) is 0. The van der Waals surface area contributed by atoms with Crippen molar-refractivity contribution in [1.82, 2.24) is 9.13 Å². The van der Waals surface area contributed by atoms with Crippen LogP contribution in [0.2, 0.25) is 0 Å². The van der Waals surface area contributed by atoms with Crippen molar-refractivity contribution in [2.45, 2.75) is 0 Å². The Hall–Kier alpha value is -6.64. The Kier molecular flexibility index (Phi) is 6.53. The summed E-state index contributed by atoms with van der Waals surface area (Å²) < 4.78 is 4.79. The molecule has 0 fully saturated rings. The molecule has 0 atom stereocenters. The van der Waals surface area contributed by atoms with Crippen LogP contribution in [0.4, 0.5) is 0 Å². The molecule has 0 unspecified atom stereocenters. The van der Waals surface area contributed by atoms with Gasteiger partial charge in [-0.05, 0) is 94.0 Å². The number of hydrogen-bond donors (Lipinski definition) is 0.